The Labute approximate surface area is 167 Å². The van der Waals surface area contributed by atoms with E-state index in [2.05, 4.69) is 20.6 Å². The molecule has 8 nitrogen and oxygen atoms in total. The molecule has 148 valence electrons. The minimum Gasteiger partial charge on any atom is -0.496 e. The van der Waals surface area contributed by atoms with Crippen molar-refractivity contribution in [3.63, 3.8) is 0 Å². The minimum absolute atomic E-state index is 0.180. The lowest BCUT2D eigenvalue weighted by atomic mass is 10.2. The van der Waals surface area contributed by atoms with Crippen molar-refractivity contribution < 1.29 is 19.0 Å². The topological polar surface area (TPSA) is 94.6 Å². The number of methoxy groups -OCH3 is 1. The van der Waals surface area contributed by atoms with Gasteiger partial charge in [0.05, 0.1) is 7.11 Å². The number of para-hydroxylation sites is 1. The first-order valence-electron chi connectivity index (χ1n) is 9.05. The lowest BCUT2D eigenvalue weighted by Crippen LogP contribution is -2.16. The predicted octanol–water partition coefficient (Wildman–Crippen LogP) is 3.39. The number of carbonyl (C=O) groups is 1. The van der Waals surface area contributed by atoms with E-state index < -0.39 is 0 Å². The van der Waals surface area contributed by atoms with Gasteiger partial charge in [0.2, 0.25) is 12.7 Å². The van der Waals surface area contributed by atoms with Gasteiger partial charge in [-0.05, 0) is 31.2 Å². The Hall–Kier alpha value is -3.81. The van der Waals surface area contributed by atoms with E-state index in [1.165, 1.54) is 0 Å². The summed E-state index contributed by atoms with van der Waals surface area (Å²) in [6, 6.07) is 14.5. The van der Waals surface area contributed by atoms with Crippen molar-refractivity contribution in [3.8, 4) is 17.2 Å². The number of aromatic nitrogens is 2. The highest BCUT2D eigenvalue weighted by Gasteiger charge is 2.16. The van der Waals surface area contributed by atoms with Crippen LogP contribution in [-0.2, 0) is 6.54 Å². The number of hydrogen-bond acceptors (Lipinski definition) is 7. The molecule has 0 atom stereocenters. The number of ether oxygens (including phenoxy) is 3. The highest BCUT2D eigenvalue weighted by Crippen LogP contribution is 2.34. The number of amides is 1. The van der Waals surface area contributed by atoms with Crippen molar-refractivity contribution in [2.75, 3.05) is 24.5 Å². The van der Waals surface area contributed by atoms with Crippen LogP contribution in [0.25, 0.3) is 0 Å². The van der Waals surface area contributed by atoms with Crippen molar-refractivity contribution >= 4 is 17.5 Å². The summed E-state index contributed by atoms with van der Waals surface area (Å²) in [7, 11) is 1.63. The zero-order valence-corrected chi connectivity index (χ0v) is 16.1. The molecule has 0 spiro atoms. The molecule has 3 aromatic rings. The molecule has 1 amide bonds. The van der Waals surface area contributed by atoms with Crippen LogP contribution in [0.2, 0.25) is 0 Å². The molecule has 1 aromatic heterocycles. The van der Waals surface area contributed by atoms with E-state index in [9.17, 15) is 4.79 Å². The molecule has 2 aromatic carbocycles. The van der Waals surface area contributed by atoms with Crippen LogP contribution in [0.4, 0.5) is 11.6 Å². The number of rotatable bonds is 6. The Balaban J connectivity index is 1.48. The van der Waals surface area contributed by atoms with E-state index >= 15 is 0 Å². The average Bonchev–Trinajstić information content (AvgIpc) is 3.20. The molecule has 1 aliphatic heterocycles. The van der Waals surface area contributed by atoms with Crippen molar-refractivity contribution in [1.82, 2.24) is 9.97 Å². The van der Waals surface area contributed by atoms with Crippen molar-refractivity contribution in [2.45, 2.75) is 13.5 Å². The van der Waals surface area contributed by atoms with Gasteiger partial charge in [0.1, 0.15) is 11.4 Å². The van der Waals surface area contributed by atoms with Crippen LogP contribution in [0.5, 0.6) is 17.2 Å². The second kappa shape index (κ2) is 8.05. The molecule has 0 aliphatic carbocycles. The third-order valence-electron chi connectivity index (χ3n) is 4.35. The smallest absolute Gasteiger partial charge is 0.274 e. The largest absolute Gasteiger partial charge is 0.496 e. The van der Waals surface area contributed by atoms with Crippen LogP contribution in [0.3, 0.4) is 0 Å². The van der Waals surface area contributed by atoms with Gasteiger partial charge in [-0.3, -0.25) is 4.79 Å². The zero-order valence-electron chi connectivity index (χ0n) is 16.1. The molecular formula is C21H20N4O4. The number of hydrogen-bond donors (Lipinski definition) is 2. The van der Waals surface area contributed by atoms with Gasteiger partial charge in [0, 0.05) is 29.6 Å². The minimum atomic E-state index is -0.338. The van der Waals surface area contributed by atoms with E-state index in [0.29, 0.717) is 35.4 Å². The molecule has 0 saturated heterocycles. The Kier molecular flexibility index (Phi) is 5.15. The summed E-state index contributed by atoms with van der Waals surface area (Å²) in [5.41, 5.74) is 2.50. The summed E-state index contributed by atoms with van der Waals surface area (Å²) in [6.07, 6.45) is 0. The molecule has 0 saturated carbocycles. The lowest BCUT2D eigenvalue weighted by Gasteiger charge is -2.11. The maximum absolute atomic E-state index is 12.7. The van der Waals surface area contributed by atoms with Crippen LogP contribution in [0, 0.1) is 6.92 Å². The standard InChI is InChI=1S/C21H20N4O4/c1-13-9-16(20(26)24-15-7-8-18-19(10-15)29-12-28-18)25-21(23-13)22-11-14-5-3-4-6-17(14)27-2/h3-10H,11-12H2,1-2H3,(H,24,26)(H,22,23,25). The van der Waals surface area contributed by atoms with E-state index in [0.717, 1.165) is 11.3 Å². The highest BCUT2D eigenvalue weighted by molar-refractivity contribution is 6.03. The van der Waals surface area contributed by atoms with E-state index in [-0.39, 0.29) is 18.4 Å². The summed E-state index contributed by atoms with van der Waals surface area (Å²) < 4.78 is 16.0. The maximum Gasteiger partial charge on any atom is 0.274 e. The molecule has 1 aliphatic rings. The normalized spacial score (nSPS) is 11.8. The van der Waals surface area contributed by atoms with Crippen LogP contribution >= 0.6 is 0 Å². The third-order valence-corrected chi connectivity index (χ3v) is 4.35. The fourth-order valence-corrected chi connectivity index (χ4v) is 2.96. The van der Waals surface area contributed by atoms with Gasteiger partial charge in [0.25, 0.3) is 5.91 Å². The lowest BCUT2D eigenvalue weighted by molar-refractivity contribution is 0.102. The quantitative estimate of drug-likeness (QED) is 0.664. The van der Waals surface area contributed by atoms with Gasteiger partial charge in [0.15, 0.2) is 11.5 Å². The molecule has 0 fully saturated rings. The Morgan fingerprint density at radius 1 is 1.10 bits per heavy atom. The number of nitrogens with one attached hydrogen (secondary N) is 2. The van der Waals surface area contributed by atoms with Crippen LogP contribution in [-0.4, -0.2) is 29.8 Å². The van der Waals surface area contributed by atoms with Crippen molar-refractivity contribution in [2.24, 2.45) is 0 Å². The second-order valence-corrected chi connectivity index (χ2v) is 6.41. The predicted molar refractivity (Wildman–Crippen MR) is 108 cm³/mol. The van der Waals surface area contributed by atoms with Gasteiger partial charge in [-0.1, -0.05) is 18.2 Å². The first-order valence-corrected chi connectivity index (χ1v) is 9.05. The first kappa shape index (κ1) is 18.5. The second-order valence-electron chi connectivity index (χ2n) is 6.41. The molecule has 0 bridgehead atoms. The number of aryl methyl sites for hydroxylation is 1. The first-order chi connectivity index (χ1) is 14.1. The van der Waals surface area contributed by atoms with Gasteiger partial charge in [-0.15, -0.1) is 0 Å². The van der Waals surface area contributed by atoms with E-state index in [1.54, 1.807) is 31.4 Å². The van der Waals surface area contributed by atoms with Crippen LogP contribution in [0.15, 0.2) is 48.5 Å². The Bertz CT molecular complexity index is 1050. The summed E-state index contributed by atoms with van der Waals surface area (Å²) in [5, 5.41) is 5.97. The molecule has 4 rings (SSSR count). The molecule has 2 N–H and O–H groups in total. The SMILES string of the molecule is COc1ccccc1CNc1nc(C)cc(C(=O)Nc2ccc3c(c2)OCO3)n1. The van der Waals surface area contributed by atoms with Crippen LogP contribution in [0.1, 0.15) is 21.7 Å². The van der Waals surface area contributed by atoms with E-state index in [4.69, 9.17) is 14.2 Å². The number of nitrogens with zero attached hydrogens (tertiary/aromatic N) is 2. The fraction of sp³-hybridized carbons (Fsp3) is 0.190. The van der Waals surface area contributed by atoms with Crippen molar-refractivity contribution in [1.29, 1.82) is 0 Å². The van der Waals surface area contributed by atoms with Crippen molar-refractivity contribution in [3.05, 3.63) is 65.5 Å². The summed E-state index contributed by atoms with van der Waals surface area (Å²) >= 11 is 0. The Morgan fingerprint density at radius 3 is 2.79 bits per heavy atom. The van der Waals surface area contributed by atoms with Gasteiger partial charge in [-0.25, -0.2) is 9.97 Å². The number of fused-ring (bicyclic) bond motifs is 1. The van der Waals surface area contributed by atoms with Gasteiger partial charge >= 0.3 is 0 Å². The maximum atomic E-state index is 12.7. The number of carbonyl (C=O) groups excluding carboxylic acids is 1. The molecular weight excluding hydrogens is 372 g/mol. The monoisotopic (exact) mass is 392 g/mol. The average molecular weight is 392 g/mol. The van der Waals surface area contributed by atoms with Gasteiger partial charge < -0.3 is 24.8 Å². The molecule has 8 heteroatoms. The number of anilines is 2. The zero-order chi connectivity index (χ0) is 20.2. The highest BCUT2D eigenvalue weighted by atomic mass is 16.7. The third kappa shape index (κ3) is 4.21. The molecule has 29 heavy (non-hydrogen) atoms. The molecule has 0 unspecified atom stereocenters. The van der Waals surface area contributed by atoms with Crippen LogP contribution < -0.4 is 24.8 Å². The Morgan fingerprint density at radius 2 is 1.93 bits per heavy atom. The number of benzene rings is 2. The van der Waals surface area contributed by atoms with E-state index in [1.807, 2.05) is 31.2 Å². The summed E-state index contributed by atoms with van der Waals surface area (Å²) in [5.74, 6) is 2.06. The van der Waals surface area contributed by atoms with Gasteiger partial charge in [-0.2, -0.15) is 0 Å². The summed E-state index contributed by atoms with van der Waals surface area (Å²) in [6.45, 7) is 2.46. The fourth-order valence-electron chi connectivity index (χ4n) is 2.96. The molecule has 0 radical (unpaired) electrons. The molecule has 2 heterocycles. The summed E-state index contributed by atoms with van der Waals surface area (Å²) in [4.78, 5) is 21.4.